The number of halogens is 4. The minimum Gasteiger partial charge on any atom is -0.384 e. The fourth-order valence-corrected chi connectivity index (χ4v) is 2.39. The van der Waals surface area contributed by atoms with E-state index in [1.165, 1.54) is 6.07 Å². The summed E-state index contributed by atoms with van der Waals surface area (Å²) >= 11 is 5.76. The molecule has 1 fully saturated rings. The maximum absolute atomic E-state index is 12.4. The van der Waals surface area contributed by atoms with Gasteiger partial charge >= 0.3 is 6.18 Å². The zero-order valence-corrected chi connectivity index (χ0v) is 10.1. The fraction of sp³-hybridized carbons (Fsp3) is 0.545. The highest BCUT2D eigenvalue weighted by molar-refractivity contribution is 6.30. The predicted octanol–water partition coefficient (Wildman–Crippen LogP) is 2.32. The summed E-state index contributed by atoms with van der Waals surface area (Å²) in [5, 5.41) is 13.0. The van der Waals surface area contributed by atoms with Crippen LogP contribution in [0.4, 0.5) is 13.2 Å². The largest absolute Gasteiger partial charge is 0.433 e. The van der Waals surface area contributed by atoms with Crippen LogP contribution in [0.2, 0.25) is 5.15 Å². The Morgan fingerprint density at radius 2 is 2.11 bits per heavy atom. The van der Waals surface area contributed by atoms with Crippen molar-refractivity contribution in [2.24, 2.45) is 0 Å². The zero-order chi connectivity index (χ0) is 13.4. The van der Waals surface area contributed by atoms with Crippen molar-refractivity contribution < 1.29 is 18.3 Å². The third kappa shape index (κ3) is 2.60. The van der Waals surface area contributed by atoms with Crippen LogP contribution < -0.4 is 5.32 Å². The summed E-state index contributed by atoms with van der Waals surface area (Å²) in [6.45, 7) is 1.04. The highest BCUT2D eigenvalue weighted by Gasteiger charge is 2.37. The Morgan fingerprint density at radius 3 is 2.61 bits per heavy atom. The van der Waals surface area contributed by atoms with Crippen LogP contribution >= 0.6 is 11.6 Å². The van der Waals surface area contributed by atoms with Gasteiger partial charge in [0.15, 0.2) is 0 Å². The van der Waals surface area contributed by atoms with Crippen LogP contribution in [0, 0.1) is 0 Å². The number of rotatable bonds is 1. The molecule has 0 bridgehead atoms. The van der Waals surface area contributed by atoms with Crippen molar-refractivity contribution in [2.45, 2.75) is 24.6 Å². The molecule has 100 valence electrons. The number of hydrogen-bond donors (Lipinski definition) is 2. The van der Waals surface area contributed by atoms with Crippen LogP contribution in [-0.2, 0) is 11.8 Å². The van der Waals surface area contributed by atoms with Gasteiger partial charge in [0.25, 0.3) is 0 Å². The van der Waals surface area contributed by atoms with Gasteiger partial charge in [-0.3, -0.25) is 0 Å². The first-order valence-corrected chi connectivity index (χ1v) is 5.88. The van der Waals surface area contributed by atoms with E-state index in [0.29, 0.717) is 6.42 Å². The molecule has 0 saturated carbocycles. The topological polar surface area (TPSA) is 45.2 Å². The van der Waals surface area contributed by atoms with Gasteiger partial charge < -0.3 is 10.4 Å². The molecule has 1 aliphatic heterocycles. The summed E-state index contributed by atoms with van der Waals surface area (Å²) in [6.07, 6.45) is -3.35. The van der Waals surface area contributed by atoms with Gasteiger partial charge in [0.05, 0.1) is 0 Å². The molecule has 1 unspecified atom stereocenters. The van der Waals surface area contributed by atoms with Gasteiger partial charge in [0, 0.05) is 12.1 Å². The first kappa shape index (κ1) is 13.6. The van der Waals surface area contributed by atoms with E-state index in [-0.39, 0.29) is 17.3 Å². The second-order valence-corrected chi connectivity index (χ2v) is 4.70. The Hall–Kier alpha value is -0.850. The van der Waals surface area contributed by atoms with Crippen molar-refractivity contribution >= 4 is 11.6 Å². The molecule has 1 atom stereocenters. The second-order valence-electron chi connectivity index (χ2n) is 4.34. The Kier molecular flexibility index (Phi) is 3.53. The van der Waals surface area contributed by atoms with Gasteiger partial charge in [0.2, 0.25) is 0 Å². The third-order valence-electron chi connectivity index (χ3n) is 3.00. The molecule has 7 heteroatoms. The number of nitrogens with one attached hydrogen (secondary N) is 1. The van der Waals surface area contributed by atoms with Gasteiger partial charge in [-0.15, -0.1) is 0 Å². The number of hydrogen-bond acceptors (Lipinski definition) is 3. The van der Waals surface area contributed by atoms with Gasteiger partial charge in [-0.25, -0.2) is 4.98 Å². The molecule has 2 rings (SSSR count). The predicted molar refractivity (Wildman–Crippen MR) is 60.2 cm³/mol. The van der Waals surface area contributed by atoms with Crippen LogP contribution in [0.25, 0.3) is 0 Å². The zero-order valence-electron chi connectivity index (χ0n) is 9.39. The molecule has 1 aromatic heterocycles. The molecule has 0 aliphatic carbocycles. The lowest BCUT2D eigenvalue weighted by Crippen LogP contribution is -2.43. The second kappa shape index (κ2) is 4.68. The third-order valence-corrected chi connectivity index (χ3v) is 3.29. The molecule has 2 heterocycles. The van der Waals surface area contributed by atoms with E-state index in [0.717, 1.165) is 19.0 Å². The molecule has 0 aromatic carbocycles. The van der Waals surface area contributed by atoms with Gasteiger partial charge in [0.1, 0.15) is 16.4 Å². The summed E-state index contributed by atoms with van der Waals surface area (Å²) in [4.78, 5) is 3.32. The average Bonchev–Trinajstić information content (AvgIpc) is 2.28. The Bertz CT molecular complexity index is 444. The number of alkyl halides is 3. The maximum atomic E-state index is 12.4. The first-order valence-electron chi connectivity index (χ1n) is 5.50. The number of pyridine rings is 1. The summed E-state index contributed by atoms with van der Waals surface area (Å²) in [6, 6.07) is 2.04. The molecule has 18 heavy (non-hydrogen) atoms. The van der Waals surface area contributed by atoms with E-state index in [4.69, 9.17) is 11.6 Å². The van der Waals surface area contributed by atoms with E-state index >= 15 is 0 Å². The highest BCUT2D eigenvalue weighted by atomic mass is 35.5. The molecule has 3 nitrogen and oxygen atoms in total. The number of aromatic nitrogens is 1. The van der Waals surface area contributed by atoms with Crippen molar-refractivity contribution in [3.05, 3.63) is 28.5 Å². The minimum absolute atomic E-state index is 0.240. The van der Waals surface area contributed by atoms with Crippen molar-refractivity contribution in [1.82, 2.24) is 10.3 Å². The molecule has 0 amide bonds. The van der Waals surface area contributed by atoms with E-state index in [1.54, 1.807) is 0 Å². The van der Waals surface area contributed by atoms with Crippen LogP contribution in [0.15, 0.2) is 12.1 Å². The Morgan fingerprint density at radius 1 is 1.39 bits per heavy atom. The highest BCUT2D eigenvalue weighted by Crippen LogP contribution is 2.35. The normalized spacial score (nSPS) is 25.2. The minimum atomic E-state index is -4.53. The number of nitrogens with zero attached hydrogens (tertiary/aromatic N) is 1. The Balaban J connectivity index is 2.35. The summed E-state index contributed by atoms with van der Waals surface area (Å²) in [7, 11) is 0. The monoisotopic (exact) mass is 280 g/mol. The van der Waals surface area contributed by atoms with Crippen molar-refractivity contribution in [3.63, 3.8) is 0 Å². The summed E-state index contributed by atoms with van der Waals surface area (Å²) < 4.78 is 37.3. The van der Waals surface area contributed by atoms with Crippen molar-refractivity contribution in [1.29, 1.82) is 0 Å². The van der Waals surface area contributed by atoms with Crippen LogP contribution in [0.3, 0.4) is 0 Å². The standard InChI is InChI=1S/C11H12ClF3N2O/c12-9-7(10(18)4-1-5-16-6-10)2-3-8(17-9)11(13,14)15/h2-3,16,18H,1,4-6H2. The summed E-state index contributed by atoms with van der Waals surface area (Å²) in [5.41, 5.74) is -2.06. The molecule has 1 saturated heterocycles. The molecular formula is C11H12ClF3N2O. The maximum Gasteiger partial charge on any atom is 0.433 e. The lowest BCUT2D eigenvalue weighted by atomic mass is 9.87. The quantitative estimate of drug-likeness (QED) is 0.776. The van der Waals surface area contributed by atoms with E-state index in [9.17, 15) is 18.3 Å². The van der Waals surface area contributed by atoms with E-state index < -0.39 is 17.5 Å². The van der Waals surface area contributed by atoms with Gasteiger partial charge in [-0.1, -0.05) is 17.7 Å². The van der Waals surface area contributed by atoms with E-state index in [2.05, 4.69) is 10.3 Å². The fourth-order valence-electron chi connectivity index (χ4n) is 2.06. The van der Waals surface area contributed by atoms with Crippen LogP contribution in [0.1, 0.15) is 24.1 Å². The SMILES string of the molecule is OC1(c2ccc(C(F)(F)F)nc2Cl)CCCNC1. The number of piperidine rings is 1. The Labute approximate surface area is 107 Å². The van der Waals surface area contributed by atoms with Crippen LogP contribution in [0.5, 0.6) is 0 Å². The molecule has 1 aromatic rings. The molecular weight excluding hydrogens is 269 g/mol. The van der Waals surface area contributed by atoms with Crippen molar-refractivity contribution in [3.8, 4) is 0 Å². The smallest absolute Gasteiger partial charge is 0.384 e. The van der Waals surface area contributed by atoms with Crippen LogP contribution in [-0.4, -0.2) is 23.2 Å². The average molecular weight is 281 g/mol. The first-order chi connectivity index (χ1) is 8.33. The van der Waals surface area contributed by atoms with Crippen molar-refractivity contribution in [2.75, 3.05) is 13.1 Å². The molecule has 0 spiro atoms. The lowest BCUT2D eigenvalue weighted by Gasteiger charge is -2.33. The molecule has 0 radical (unpaired) electrons. The number of β-amino-alcohol motifs (C(OH)–C–C–N with tert-alkyl or cyclic N) is 1. The van der Waals surface area contributed by atoms with Gasteiger partial charge in [-0.2, -0.15) is 13.2 Å². The van der Waals surface area contributed by atoms with E-state index in [1.807, 2.05) is 0 Å². The molecule has 1 aliphatic rings. The molecule has 2 N–H and O–H groups in total. The number of aliphatic hydroxyl groups is 1. The lowest BCUT2D eigenvalue weighted by molar-refractivity contribution is -0.141. The van der Waals surface area contributed by atoms with Gasteiger partial charge in [-0.05, 0) is 25.5 Å². The summed E-state index contributed by atoms with van der Waals surface area (Å²) in [5.74, 6) is 0.